The fourth-order valence-corrected chi connectivity index (χ4v) is 3.93. The van der Waals surface area contributed by atoms with Crippen molar-refractivity contribution in [1.82, 2.24) is 14.9 Å². The lowest BCUT2D eigenvalue weighted by Crippen LogP contribution is -2.33. The van der Waals surface area contributed by atoms with Gasteiger partial charge < -0.3 is 10.4 Å². The summed E-state index contributed by atoms with van der Waals surface area (Å²) in [6, 6.07) is 3.90. The van der Waals surface area contributed by atoms with Crippen molar-refractivity contribution in [2.75, 3.05) is 13.2 Å². The van der Waals surface area contributed by atoms with Crippen LogP contribution in [0.25, 0.3) is 20.7 Å². The van der Waals surface area contributed by atoms with Crippen LogP contribution in [-0.2, 0) is 11.3 Å². The molecule has 0 saturated heterocycles. The number of aliphatic hydroxyl groups is 1. The van der Waals surface area contributed by atoms with Gasteiger partial charge in [0.1, 0.15) is 11.4 Å². The van der Waals surface area contributed by atoms with Crippen LogP contribution in [0.1, 0.15) is 6.42 Å². The van der Waals surface area contributed by atoms with Crippen LogP contribution in [0.2, 0.25) is 0 Å². The van der Waals surface area contributed by atoms with Gasteiger partial charge >= 0.3 is 0 Å². The van der Waals surface area contributed by atoms with Crippen LogP contribution < -0.4 is 10.9 Å². The highest BCUT2D eigenvalue weighted by Gasteiger charge is 2.15. The van der Waals surface area contributed by atoms with Crippen LogP contribution in [0.3, 0.4) is 0 Å². The molecule has 1 amide bonds. The highest BCUT2D eigenvalue weighted by molar-refractivity contribution is 7.18. The van der Waals surface area contributed by atoms with Crippen molar-refractivity contribution in [3.05, 3.63) is 39.6 Å². The van der Waals surface area contributed by atoms with E-state index < -0.39 is 0 Å². The third-order valence-corrected chi connectivity index (χ3v) is 5.11. The van der Waals surface area contributed by atoms with E-state index in [-0.39, 0.29) is 24.6 Å². The Labute approximate surface area is 140 Å². The van der Waals surface area contributed by atoms with Gasteiger partial charge in [0, 0.05) is 29.0 Å². The van der Waals surface area contributed by atoms with E-state index >= 15 is 0 Å². The van der Waals surface area contributed by atoms with Crippen molar-refractivity contribution in [3.63, 3.8) is 0 Å². The number of nitrogens with zero attached hydrogens (tertiary/aromatic N) is 2. The number of carbonyl (C=O) groups excluding carboxylic acids is 1. The fraction of sp³-hybridized carbons (Fsp3) is 0.267. The minimum atomic E-state index is -0.269. The van der Waals surface area contributed by atoms with E-state index in [0.717, 1.165) is 10.4 Å². The second-order valence-corrected chi connectivity index (χ2v) is 6.72. The average Bonchev–Trinajstić information content (AvgIpc) is 3.19. The lowest BCUT2D eigenvalue weighted by Gasteiger charge is -2.07. The average molecular weight is 349 g/mol. The predicted octanol–water partition coefficient (Wildman–Crippen LogP) is 1.69. The predicted molar refractivity (Wildman–Crippen MR) is 91.9 cm³/mol. The summed E-state index contributed by atoms with van der Waals surface area (Å²) in [7, 11) is 0. The number of carbonyl (C=O) groups is 1. The molecule has 3 aromatic heterocycles. The van der Waals surface area contributed by atoms with E-state index in [1.54, 1.807) is 11.3 Å². The van der Waals surface area contributed by atoms with Crippen LogP contribution in [0.5, 0.6) is 0 Å². The Morgan fingerprint density at radius 3 is 3.00 bits per heavy atom. The topological polar surface area (TPSA) is 84.2 Å². The van der Waals surface area contributed by atoms with E-state index in [4.69, 9.17) is 5.11 Å². The highest BCUT2D eigenvalue weighted by atomic mass is 32.1. The molecule has 2 N–H and O–H groups in total. The second kappa shape index (κ2) is 7.03. The molecule has 3 rings (SSSR count). The zero-order valence-electron chi connectivity index (χ0n) is 12.2. The Morgan fingerprint density at radius 1 is 1.39 bits per heavy atom. The van der Waals surface area contributed by atoms with Crippen molar-refractivity contribution >= 4 is 38.8 Å². The summed E-state index contributed by atoms with van der Waals surface area (Å²) in [6.45, 7) is 0.332. The van der Waals surface area contributed by atoms with E-state index in [1.165, 1.54) is 22.2 Å². The fourth-order valence-electron chi connectivity index (χ4n) is 2.21. The first kappa shape index (κ1) is 15.9. The van der Waals surface area contributed by atoms with Crippen molar-refractivity contribution in [3.8, 4) is 10.4 Å². The number of nitrogens with one attached hydrogen (secondary N) is 1. The summed E-state index contributed by atoms with van der Waals surface area (Å²) in [5, 5.41) is 15.8. The van der Waals surface area contributed by atoms with Gasteiger partial charge in [-0.15, -0.1) is 22.7 Å². The molecule has 3 heterocycles. The highest BCUT2D eigenvalue weighted by Crippen LogP contribution is 2.33. The number of aliphatic hydroxyl groups excluding tert-OH is 1. The number of amides is 1. The zero-order chi connectivity index (χ0) is 16.2. The van der Waals surface area contributed by atoms with Gasteiger partial charge in [0.2, 0.25) is 5.91 Å². The number of fused-ring (bicyclic) bond motifs is 1. The molecule has 0 aliphatic heterocycles. The monoisotopic (exact) mass is 349 g/mol. The van der Waals surface area contributed by atoms with Crippen LogP contribution in [0.4, 0.5) is 0 Å². The minimum Gasteiger partial charge on any atom is -0.396 e. The Balaban J connectivity index is 1.91. The normalized spacial score (nSPS) is 11.0. The molecule has 0 atom stereocenters. The van der Waals surface area contributed by atoms with Crippen LogP contribution >= 0.6 is 22.7 Å². The van der Waals surface area contributed by atoms with Gasteiger partial charge in [-0.3, -0.25) is 14.2 Å². The Hall–Kier alpha value is -2.03. The summed E-state index contributed by atoms with van der Waals surface area (Å²) in [5.74, 6) is -0.269. The zero-order valence-corrected chi connectivity index (χ0v) is 13.8. The first-order chi connectivity index (χ1) is 11.2. The molecular weight excluding hydrogens is 334 g/mol. The van der Waals surface area contributed by atoms with E-state index in [9.17, 15) is 9.59 Å². The number of thiophene rings is 2. The molecule has 23 heavy (non-hydrogen) atoms. The van der Waals surface area contributed by atoms with Crippen molar-refractivity contribution in [1.29, 1.82) is 0 Å². The molecule has 120 valence electrons. The van der Waals surface area contributed by atoms with Gasteiger partial charge in [-0.1, -0.05) is 6.07 Å². The quantitative estimate of drug-likeness (QED) is 0.663. The number of hydrogen-bond acceptors (Lipinski definition) is 6. The maximum absolute atomic E-state index is 12.7. The van der Waals surface area contributed by atoms with Gasteiger partial charge in [-0.25, -0.2) is 4.98 Å². The first-order valence-electron chi connectivity index (χ1n) is 7.09. The Bertz CT molecular complexity index is 868. The molecule has 0 bridgehead atoms. The largest absolute Gasteiger partial charge is 0.396 e. The maximum Gasteiger partial charge on any atom is 0.263 e. The molecule has 0 aromatic carbocycles. The number of hydrogen-bond donors (Lipinski definition) is 2. The SMILES string of the molecule is O=C(Cn1cnc2scc(-c3cccs3)c2c1=O)NCCCO. The lowest BCUT2D eigenvalue weighted by molar-refractivity contribution is -0.121. The molecule has 3 aromatic rings. The molecular formula is C15H15N3O3S2. The van der Waals surface area contributed by atoms with Crippen LogP contribution in [0.15, 0.2) is 34.0 Å². The van der Waals surface area contributed by atoms with Crippen LogP contribution in [-0.4, -0.2) is 33.7 Å². The molecule has 8 heteroatoms. The molecule has 0 fully saturated rings. The smallest absolute Gasteiger partial charge is 0.263 e. The van der Waals surface area contributed by atoms with Gasteiger partial charge in [0.15, 0.2) is 0 Å². The standard InChI is InChI=1S/C15H15N3O3S2/c19-5-2-4-16-12(20)7-18-9-17-14-13(15(18)21)10(8-23-14)11-3-1-6-22-11/h1,3,6,8-9,19H,2,4-5,7H2,(H,16,20). The molecule has 0 unspecified atom stereocenters. The van der Waals surface area contributed by atoms with Gasteiger partial charge in [0.05, 0.1) is 11.7 Å². The number of aromatic nitrogens is 2. The van der Waals surface area contributed by atoms with E-state index in [2.05, 4.69) is 10.3 Å². The third kappa shape index (κ3) is 3.34. The minimum absolute atomic E-state index is 0.0207. The molecule has 0 aliphatic rings. The molecule has 0 radical (unpaired) electrons. The lowest BCUT2D eigenvalue weighted by atomic mass is 10.2. The molecule has 6 nitrogen and oxygen atoms in total. The number of rotatable bonds is 6. The van der Waals surface area contributed by atoms with Gasteiger partial charge in [-0.2, -0.15) is 0 Å². The van der Waals surface area contributed by atoms with Crippen LogP contribution in [0, 0.1) is 0 Å². The van der Waals surface area contributed by atoms with Crippen molar-refractivity contribution in [2.24, 2.45) is 0 Å². The second-order valence-electron chi connectivity index (χ2n) is 4.91. The molecule has 0 spiro atoms. The van der Waals surface area contributed by atoms with Crippen molar-refractivity contribution < 1.29 is 9.90 Å². The van der Waals surface area contributed by atoms with Crippen molar-refractivity contribution in [2.45, 2.75) is 13.0 Å². The first-order valence-corrected chi connectivity index (χ1v) is 8.84. The Morgan fingerprint density at radius 2 is 2.26 bits per heavy atom. The molecule has 0 aliphatic carbocycles. The van der Waals surface area contributed by atoms with Gasteiger partial charge in [0.25, 0.3) is 5.56 Å². The molecule has 0 saturated carbocycles. The summed E-state index contributed by atoms with van der Waals surface area (Å²) < 4.78 is 1.32. The summed E-state index contributed by atoms with van der Waals surface area (Å²) in [4.78, 5) is 30.5. The van der Waals surface area contributed by atoms with E-state index in [1.807, 2.05) is 22.9 Å². The maximum atomic E-state index is 12.7. The summed E-state index contributed by atoms with van der Waals surface area (Å²) in [5.41, 5.74) is 0.657. The summed E-state index contributed by atoms with van der Waals surface area (Å²) in [6.07, 6.45) is 1.90. The van der Waals surface area contributed by atoms with E-state index in [0.29, 0.717) is 23.2 Å². The third-order valence-electron chi connectivity index (χ3n) is 3.32. The Kier molecular flexibility index (Phi) is 4.85. The van der Waals surface area contributed by atoms with Gasteiger partial charge in [-0.05, 0) is 17.9 Å². The summed E-state index contributed by atoms with van der Waals surface area (Å²) >= 11 is 2.99.